The smallest absolute Gasteiger partial charge is 0.358 e. The van der Waals surface area contributed by atoms with E-state index in [9.17, 15) is 18.0 Å². The number of hydrogen-bond donors (Lipinski definition) is 2. The molecule has 0 unspecified atom stereocenters. The van der Waals surface area contributed by atoms with Gasteiger partial charge >= 0.3 is 12.0 Å². The van der Waals surface area contributed by atoms with Gasteiger partial charge < -0.3 is 9.47 Å². The third-order valence-corrected chi connectivity index (χ3v) is 6.10. The van der Waals surface area contributed by atoms with Gasteiger partial charge in [0.2, 0.25) is 5.62 Å². The minimum Gasteiger partial charge on any atom is -0.468 e. The number of thiophene rings is 2. The maximum Gasteiger partial charge on any atom is 0.358 e. The van der Waals surface area contributed by atoms with Crippen molar-refractivity contribution in [2.24, 2.45) is 4.99 Å². The van der Waals surface area contributed by atoms with Crippen molar-refractivity contribution in [1.29, 1.82) is 0 Å². The molecule has 0 aliphatic carbocycles. The van der Waals surface area contributed by atoms with Gasteiger partial charge in [0.25, 0.3) is 16.0 Å². The molecule has 3 aromatic rings. The van der Waals surface area contributed by atoms with Gasteiger partial charge in [0.15, 0.2) is 0 Å². The number of carbonyl (C=O) groups excluding carboxylic acids is 2. The number of aromatic nitrogens is 3. The van der Waals surface area contributed by atoms with Crippen molar-refractivity contribution in [3.05, 3.63) is 50.7 Å². The lowest BCUT2D eigenvalue weighted by Crippen LogP contribution is -2.31. The number of hydrogen-bond acceptors (Lipinski definition) is 10. The molecule has 160 valence electrons. The van der Waals surface area contributed by atoms with Crippen LogP contribution in [-0.4, -0.2) is 49.6 Å². The van der Waals surface area contributed by atoms with Crippen molar-refractivity contribution < 1.29 is 27.5 Å². The van der Waals surface area contributed by atoms with E-state index in [-0.39, 0.29) is 27.2 Å². The number of sulfonamides is 1. The summed E-state index contributed by atoms with van der Waals surface area (Å²) < 4.78 is 35.6. The molecular weight excluding hydrogens is 454 g/mol. The van der Waals surface area contributed by atoms with Crippen LogP contribution in [0.4, 0.5) is 4.79 Å². The van der Waals surface area contributed by atoms with E-state index in [1.165, 1.54) is 25.5 Å². The topological polar surface area (TPSA) is 153 Å². The summed E-state index contributed by atoms with van der Waals surface area (Å²) >= 11 is 2.58. The van der Waals surface area contributed by atoms with Gasteiger partial charge in [-0.25, -0.2) is 22.7 Å². The maximum absolute atomic E-state index is 12.3. The number of urea groups is 1. The van der Waals surface area contributed by atoms with Crippen LogP contribution in [-0.2, 0) is 14.8 Å². The summed E-state index contributed by atoms with van der Waals surface area (Å²) in [4.78, 5) is 36.6. The van der Waals surface area contributed by atoms with Crippen molar-refractivity contribution in [2.45, 2.75) is 11.8 Å². The lowest BCUT2D eigenvalue weighted by Gasteiger charge is -2.04. The average molecular weight is 472 g/mol. The number of aromatic amines is 1. The monoisotopic (exact) mass is 471 g/mol. The molecule has 0 aliphatic rings. The maximum atomic E-state index is 12.3. The SMILES string of the molecule is COC(=O)c1sccc1S(=O)(=O)NC(=O)N=c1nc(C)nc(OC)[nH]1.c1ccsc1. The van der Waals surface area contributed by atoms with Crippen LogP contribution in [0.5, 0.6) is 6.01 Å². The predicted octanol–water partition coefficient (Wildman–Crippen LogP) is 1.72. The van der Waals surface area contributed by atoms with Crippen LogP contribution in [0.3, 0.4) is 0 Å². The van der Waals surface area contributed by atoms with Crippen LogP contribution in [0.25, 0.3) is 0 Å². The molecule has 3 heterocycles. The number of nitrogens with zero attached hydrogens (tertiary/aromatic N) is 3. The van der Waals surface area contributed by atoms with Crippen LogP contribution in [0.15, 0.2) is 44.2 Å². The van der Waals surface area contributed by atoms with Gasteiger partial charge in [0.1, 0.15) is 15.6 Å². The molecule has 0 spiro atoms. The first-order chi connectivity index (χ1) is 14.3. The summed E-state index contributed by atoms with van der Waals surface area (Å²) in [5, 5.41) is 5.47. The molecule has 3 rings (SSSR count). The van der Waals surface area contributed by atoms with Gasteiger partial charge in [0, 0.05) is 0 Å². The zero-order valence-corrected chi connectivity index (χ0v) is 18.4. The Morgan fingerprint density at radius 3 is 2.43 bits per heavy atom. The number of amides is 2. The van der Waals surface area contributed by atoms with Crippen molar-refractivity contribution >= 4 is 44.7 Å². The molecule has 0 aromatic carbocycles. The summed E-state index contributed by atoms with van der Waals surface area (Å²) in [5.41, 5.74) is -0.199. The summed E-state index contributed by atoms with van der Waals surface area (Å²) in [6, 6.07) is 4.05. The number of ether oxygens (including phenoxy) is 2. The highest BCUT2D eigenvalue weighted by Crippen LogP contribution is 2.22. The van der Waals surface area contributed by atoms with E-state index in [2.05, 4.69) is 24.7 Å². The molecule has 3 aromatic heterocycles. The second-order valence-corrected chi connectivity index (χ2v) is 8.53. The van der Waals surface area contributed by atoms with Crippen LogP contribution >= 0.6 is 22.7 Å². The number of methoxy groups -OCH3 is 2. The summed E-state index contributed by atoms with van der Waals surface area (Å²) in [5.74, 6) is -0.569. The Hall–Kier alpha value is -3.10. The van der Waals surface area contributed by atoms with Gasteiger partial charge in [0.05, 0.1) is 14.2 Å². The van der Waals surface area contributed by atoms with E-state index in [4.69, 9.17) is 4.74 Å². The largest absolute Gasteiger partial charge is 0.468 e. The van der Waals surface area contributed by atoms with Crippen molar-refractivity contribution in [2.75, 3.05) is 14.2 Å². The average Bonchev–Trinajstić information content (AvgIpc) is 3.40. The Morgan fingerprint density at radius 1 is 1.17 bits per heavy atom. The van der Waals surface area contributed by atoms with Gasteiger partial charge in [-0.05, 0) is 29.1 Å². The molecular formula is C16H17N5O6S3. The van der Waals surface area contributed by atoms with Gasteiger partial charge in [-0.1, -0.05) is 12.1 Å². The van der Waals surface area contributed by atoms with Crippen molar-refractivity contribution in [3.63, 3.8) is 0 Å². The molecule has 0 saturated heterocycles. The Bertz CT molecular complexity index is 1150. The molecule has 0 saturated carbocycles. The van der Waals surface area contributed by atoms with Gasteiger partial charge in [-0.2, -0.15) is 26.3 Å². The normalized spacial score (nSPS) is 11.2. The summed E-state index contributed by atoms with van der Waals surface area (Å²) in [6.45, 7) is 1.54. The first-order valence-electron chi connectivity index (χ1n) is 8.00. The number of esters is 1. The fraction of sp³-hybridized carbons (Fsp3) is 0.188. The number of aryl methyl sites for hydroxylation is 1. The van der Waals surface area contributed by atoms with Gasteiger partial charge in [-0.3, -0.25) is 4.98 Å². The highest BCUT2D eigenvalue weighted by molar-refractivity contribution is 7.90. The Morgan fingerprint density at radius 2 is 1.87 bits per heavy atom. The van der Waals surface area contributed by atoms with Crippen LogP contribution in [0.2, 0.25) is 0 Å². The molecule has 2 N–H and O–H groups in total. The van der Waals surface area contributed by atoms with E-state index in [0.717, 1.165) is 18.4 Å². The third-order valence-electron chi connectivity index (χ3n) is 3.09. The Balaban J connectivity index is 0.000000558. The van der Waals surface area contributed by atoms with E-state index < -0.39 is 22.0 Å². The molecule has 14 heteroatoms. The van der Waals surface area contributed by atoms with Gasteiger partial charge in [-0.15, -0.1) is 11.3 Å². The Labute approximate surface area is 179 Å². The Kier molecular flexibility index (Phi) is 8.20. The fourth-order valence-electron chi connectivity index (χ4n) is 1.89. The number of nitrogens with one attached hydrogen (secondary N) is 2. The number of H-pyrrole nitrogens is 1. The molecule has 0 atom stereocenters. The summed E-state index contributed by atoms with van der Waals surface area (Å²) in [7, 11) is -1.86. The lowest BCUT2D eigenvalue weighted by molar-refractivity contribution is 0.0602. The molecule has 0 bridgehead atoms. The predicted molar refractivity (Wildman–Crippen MR) is 109 cm³/mol. The van der Waals surface area contributed by atoms with Crippen LogP contribution < -0.4 is 15.1 Å². The standard InChI is InChI=1S/C12H13N5O6S2.C4H4S/c1-6-13-10(16-12(14-6)23-3)15-11(19)17-25(20,21)7-4-5-24-8(7)9(18)22-2;1-2-4-5-3-1/h4-5H,1-3H3,(H2,13,14,15,16,17,19);1-4H. The fourth-order valence-corrected chi connectivity index (χ4v) is 4.57. The van der Waals surface area contributed by atoms with Crippen LogP contribution in [0.1, 0.15) is 15.5 Å². The van der Waals surface area contributed by atoms with E-state index in [1.54, 1.807) is 16.1 Å². The minimum atomic E-state index is -4.32. The zero-order valence-electron chi connectivity index (χ0n) is 16.0. The molecule has 0 fully saturated rings. The van der Waals surface area contributed by atoms with Crippen molar-refractivity contribution in [1.82, 2.24) is 19.7 Å². The molecule has 2 amide bonds. The highest BCUT2D eigenvalue weighted by Gasteiger charge is 2.26. The number of rotatable bonds is 4. The highest BCUT2D eigenvalue weighted by atomic mass is 32.2. The van der Waals surface area contributed by atoms with E-state index in [0.29, 0.717) is 0 Å². The van der Waals surface area contributed by atoms with Crippen molar-refractivity contribution in [3.8, 4) is 6.01 Å². The zero-order chi connectivity index (χ0) is 22.1. The van der Waals surface area contributed by atoms with E-state index >= 15 is 0 Å². The minimum absolute atomic E-state index is 0.0488. The van der Waals surface area contributed by atoms with Crippen LogP contribution in [0, 0.1) is 6.92 Å². The number of carbonyl (C=O) groups is 2. The molecule has 30 heavy (non-hydrogen) atoms. The second-order valence-electron chi connectivity index (χ2n) is 5.15. The third kappa shape index (κ3) is 6.47. The summed E-state index contributed by atoms with van der Waals surface area (Å²) in [6.07, 6.45) is 0. The van der Waals surface area contributed by atoms with E-state index in [1.807, 2.05) is 22.9 Å². The quantitative estimate of drug-likeness (QED) is 0.546. The second kappa shape index (κ2) is 10.6. The first-order valence-corrected chi connectivity index (χ1v) is 11.3. The molecule has 11 nitrogen and oxygen atoms in total. The first kappa shape index (κ1) is 23.2. The lowest BCUT2D eigenvalue weighted by atomic mass is 10.5. The molecule has 0 aliphatic heterocycles. The molecule has 0 radical (unpaired) electrons.